The van der Waals surface area contributed by atoms with Crippen LogP contribution >= 0.6 is 0 Å². The molecule has 2 aromatic heterocycles. The first-order chi connectivity index (χ1) is 9.97. The summed E-state index contributed by atoms with van der Waals surface area (Å²) in [6.45, 7) is 6.75. The van der Waals surface area contributed by atoms with Gasteiger partial charge in [0.05, 0.1) is 5.75 Å². The summed E-state index contributed by atoms with van der Waals surface area (Å²) in [6.07, 6.45) is 0. The third-order valence-corrected chi connectivity index (χ3v) is 5.21. The van der Waals surface area contributed by atoms with Crippen molar-refractivity contribution in [2.24, 2.45) is 0 Å². The summed E-state index contributed by atoms with van der Waals surface area (Å²) in [4.78, 5) is 0. The second-order valence-corrected chi connectivity index (χ2v) is 6.65. The molecule has 2 aromatic rings. The number of fused-ring (bicyclic) bond motifs is 1. The number of hydrogen-bond acceptors (Lipinski definition) is 6. The van der Waals surface area contributed by atoms with E-state index < -0.39 is 10.0 Å². The molecule has 0 amide bonds. The standard InChI is InChI=1S/C12H20N6O2S/c1-4-17(5-2)21(19,20)9-8-13-11-6-7-12-15-14-10(3)18(12)16-11/h6-7H,4-5,8-9H2,1-3H3,(H,13,16). The lowest BCUT2D eigenvalue weighted by Gasteiger charge is -2.18. The number of anilines is 1. The Hall–Kier alpha value is -1.74. The zero-order chi connectivity index (χ0) is 15.5. The summed E-state index contributed by atoms with van der Waals surface area (Å²) in [7, 11) is -3.22. The molecule has 2 heterocycles. The number of aromatic nitrogens is 4. The molecule has 0 aliphatic rings. The van der Waals surface area contributed by atoms with Gasteiger partial charge in [-0.25, -0.2) is 12.7 Å². The predicted octanol–water partition coefficient (Wildman–Crippen LogP) is 0.516. The number of nitrogens with one attached hydrogen (secondary N) is 1. The molecule has 0 aliphatic heterocycles. The minimum absolute atomic E-state index is 0.0373. The Morgan fingerprint density at radius 3 is 2.62 bits per heavy atom. The quantitative estimate of drug-likeness (QED) is 0.801. The van der Waals surface area contributed by atoms with Crippen LogP contribution in [0.4, 0.5) is 5.82 Å². The van der Waals surface area contributed by atoms with E-state index in [4.69, 9.17) is 0 Å². The van der Waals surface area contributed by atoms with E-state index in [2.05, 4.69) is 20.6 Å². The van der Waals surface area contributed by atoms with Gasteiger partial charge in [-0.1, -0.05) is 13.8 Å². The first kappa shape index (κ1) is 15.6. The van der Waals surface area contributed by atoms with Crippen LogP contribution in [-0.2, 0) is 10.0 Å². The van der Waals surface area contributed by atoms with Gasteiger partial charge in [-0.05, 0) is 19.1 Å². The minimum atomic E-state index is -3.22. The third kappa shape index (κ3) is 3.48. The van der Waals surface area contributed by atoms with Gasteiger partial charge >= 0.3 is 0 Å². The summed E-state index contributed by atoms with van der Waals surface area (Å²) in [5.41, 5.74) is 0.661. The fraction of sp³-hybridized carbons (Fsp3) is 0.583. The van der Waals surface area contributed by atoms with Crippen molar-refractivity contribution in [2.75, 3.05) is 30.7 Å². The van der Waals surface area contributed by atoms with Crippen LogP contribution in [0.1, 0.15) is 19.7 Å². The topological polar surface area (TPSA) is 92.5 Å². The first-order valence-corrected chi connectivity index (χ1v) is 8.49. The largest absolute Gasteiger partial charge is 0.368 e. The summed E-state index contributed by atoms with van der Waals surface area (Å²) in [5, 5.41) is 15.2. The van der Waals surface area contributed by atoms with Crippen molar-refractivity contribution >= 4 is 21.5 Å². The highest BCUT2D eigenvalue weighted by Crippen LogP contribution is 2.07. The fourth-order valence-electron chi connectivity index (χ4n) is 2.04. The number of sulfonamides is 1. The minimum Gasteiger partial charge on any atom is -0.368 e. The zero-order valence-corrected chi connectivity index (χ0v) is 13.3. The van der Waals surface area contributed by atoms with Crippen LogP contribution in [0.3, 0.4) is 0 Å². The van der Waals surface area contributed by atoms with E-state index in [1.807, 2.05) is 20.8 Å². The van der Waals surface area contributed by atoms with Crippen LogP contribution < -0.4 is 5.32 Å². The number of aryl methyl sites for hydroxylation is 1. The molecule has 0 fully saturated rings. The summed E-state index contributed by atoms with van der Waals surface area (Å²) in [5.74, 6) is 1.32. The average molecular weight is 312 g/mol. The summed E-state index contributed by atoms with van der Waals surface area (Å²) >= 11 is 0. The van der Waals surface area contributed by atoms with E-state index in [0.717, 1.165) is 0 Å². The van der Waals surface area contributed by atoms with Gasteiger partial charge in [0, 0.05) is 19.6 Å². The van der Waals surface area contributed by atoms with Gasteiger partial charge in [-0.15, -0.1) is 15.3 Å². The molecule has 0 atom stereocenters. The molecule has 21 heavy (non-hydrogen) atoms. The van der Waals surface area contributed by atoms with Gasteiger partial charge in [-0.3, -0.25) is 0 Å². The fourth-order valence-corrected chi connectivity index (χ4v) is 3.45. The number of rotatable bonds is 7. The van der Waals surface area contributed by atoms with Crippen LogP contribution in [0.2, 0.25) is 0 Å². The van der Waals surface area contributed by atoms with Crippen LogP contribution in [0.15, 0.2) is 12.1 Å². The maximum absolute atomic E-state index is 12.0. The van der Waals surface area contributed by atoms with Crippen molar-refractivity contribution in [3.05, 3.63) is 18.0 Å². The van der Waals surface area contributed by atoms with Crippen LogP contribution in [-0.4, -0.2) is 57.9 Å². The van der Waals surface area contributed by atoms with Gasteiger partial charge in [0.15, 0.2) is 11.5 Å². The van der Waals surface area contributed by atoms with Gasteiger partial charge in [0.1, 0.15) is 5.82 Å². The maximum Gasteiger partial charge on any atom is 0.215 e. The molecule has 1 N–H and O–H groups in total. The molecule has 0 aliphatic carbocycles. The summed E-state index contributed by atoms with van der Waals surface area (Å²) < 4.78 is 27.2. The number of hydrogen-bond donors (Lipinski definition) is 1. The molecule has 8 nitrogen and oxygen atoms in total. The molecular formula is C12H20N6O2S. The Bertz CT molecular complexity index is 708. The second-order valence-electron chi connectivity index (χ2n) is 4.56. The Labute approximate surface area is 124 Å². The first-order valence-electron chi connectivity index (χ1n) is 6.88. The molecule has 0 saturated carbocycles. The monoisotopic (exact) mass is 312 g/mol. The predicted molar refractivity (Wildman–Crippen MR) is 80.7 cm³/mol. The van der Waals surface area contributed by atoms with Gasteiger partial charge < -0.3 is 5.32 Å². The molecule has 0 bridgehead atoms. The molecule has 0 radical (unpaired) electrons. The molecule has 116 valence electrons. The number of nitrogens with zero attached hydrogens (tertiary/aromatic N) is 5. The van der Waals surface area contributed by atoms with Crippen molar-refractivity contribution in [2.45, 2.75) is 20.8 Å². The van der Waals surface area contributed by atoms with Crippen LogP contribution in [0, 0.1) is 6.92 Å². The zero-order valence-electron chi connectivity index (χ0n) is 12.4. The van der Waals surface area contributed by atoms with E-state index in [0.29, 0.717) is 36.9 Å². The van der Waals surface area contributed by atoms with Crippen molar-refractivity contribution in [3.63, 3.8) is 0 Å². The highest BCUT2D eigenvalue weighted by atomic mass is 32.2. The van der Waals surface area contributed by atoms with E-state index >= 15 is 0 Å². The Kier molecular flexibility index (Phi) is 4.73. The van der Waals surface area contributed by atoms with Crippen LogP contribution in [0.5, 0.6) is 0 Å². The third-order valence-electron chi connectivity index (χ3n) is 3.18. The van der Waals surface area contributed by atoms with E-state index in [-0.39, 0.29) is 5.75 Å². The molecule has 0 aromatic carbocycles. The Morgan fingerprint density at radius 2 is 1.95 bits per heavy atom. The van der Waals surface area contributed by atoms with Crippen LogP contribution in [0.25, 0.3) is 5.65 Å². The van der Waals surface area contributed by atoms with Crippen molar-refractivity contribution < 1.29 is 8.42 Å². The maximum atomic E-state index is 12.0. The molecule has 0 spiro atoms. The Balaban J connectivity index is 2.00. The summed E-state index contributed by atoms with van der Waals surface area (Å²) in [6, 6.07) is 3.54. The lowest BCUT2D eigenvalue weighted by Crippen LogP contribution is -2.34. The lowest BCUT2D eigenvalue weighted by molar-refractivity contribution is 0.446. The lowest BCUT2D eigenvalue weighted by atomic mass is 10.5. The molecular weight excluding hydrogens is 292 g/mol. The van der Waals surface area contributed by atoms with Gasteiger partial charge in [-0.2, -0.15) is 4.52 Å². The van der Waals surface area contributed by atoms with Gasteiger partial charge in [0.2, 0.25) is 10.0 Å². The molecule has 9 heteroatoms. The SMILES string of the molecule is CCN(CC)S(=O)(=O)CCNc1ccc2nnc(C)n2n1. The van der Waals surface area contributed by atoms with E-state index in [9.17, 15) is 8.42 Å². The van der Waals surface area contributed by atoms with Crippen molar-refractivity contribution in [1.82, 2.24) is 24.1 Å². The average Bonchev–Trinajstić information content (AvgIpc) is 2.81. The molecule has 2 rings (SSSR count). The highest BCUT2D eigenvalue weighted by molar-refractivity contribution is 7.89. The van der Waals surface area contributed by atoms with E-state index in [1.54, 1.807) is 16.6 Å². The van der Waals surface area contributed by atoms with Crippen molar-refractivity contribution in [3.8, 4) is 0 Å². The molecule has 0 saturated heterocycles. The normalized spacial score (nSPS) is 12.2. The Morgan fingerprint density at radius 1 is 1.24 bits per heavy atom. The second kappa shape index (κ2) is 6.35. The van der Waals surface area contributed by atoms with Gasteiger partial charge in [0.25, 0.3) is 0 Å². The van der Waals surface area contributed by atoms with Crippen molar-refractivity contribution in [1.29, 1.82) is 0 Å². The van der Waals surface area contributed by atoms with E-state index in [1.165, 1.54) is 4.31 Å². The smallest absolute Gasteiger partial charge is 0.215 e. The molecule has 0 unspecified atom stereocenters. The highest BCUT2D eigenvalue weighted by Gasteiger charge is 2.18.